The Bertz CT molecular complexity index is 1180. The molecule has 0 aliphatic rings. The van der Waals surface area contributed by atoms with Crippen molar-refractivity contribution < 1.29 is 28.5 Å². The summed E-state index contributed by atoms with van der Waals surface area (Å²) in [6.07, 6.45) is 65.1. The van der Waals surface area contributed by atoms with Crippen LogP contribution in [0, 0.1) is 0 Å². The molecule has 6 heteroatoms. The third kappa shape index (κ3) is 45.1. The van der Waals surface area contributed by atoms with Gasteiger partial charge in [0.25, 0.3) is 0 Å². The lowest BCUT2D eigenvalue weighted by molar-refractivity contribution is -0.123. The number of unbranched alkanes of at least 4 members (excludes halogenated alkanes) is 45. The van der Waals surface area contributed by atoms with Crippen molar-refractivity contribution in [1.82, 2.24) is 0 Å². The molecule has 0 spiro atoms. The molecular formula is C65H120O6. The Morgan fingerprint density at radius 3 is 0.817 bits per heavy atom. The van der Waals surface area contributed by atoms with E-state index in [2.05, 4.69) is 20.8 Å². The van der Waals surface area contributed by atoms with Gasteiger partial charge in [0.1, 0.15) is 18.7 Å². The van der Waals surface area contributed by atoms with Gasteiger partial charge in [-0.1, -0.05) is 310 Å². The largest absolute Gasteiger partial charge is 0.490 e. The highest BCUT2D eigenvalue weighted by Crippen LogP contribution is 2.40. The monoisotopic (exact) mass is 997 g/mol. The second kappa shape index (κ2) is 55.7. The molecular weight excluding hydrogens is 877 g/mol. The normalized spacial score (nSPS) is 11.9. The second-order valence-corrected chi connectivity index (χ2v) is 21.8. The van der Waals surface area contributed by atoms with E-state index in [-0.39, 0.29) is 13.0 Å². The molecule has 0 aliphatic carbocycles. The van der Waals surface area contributed by atoms with Gasteiger partial charge in [0.2, 0.25) is 5.75 Å². The molecule has 1 atom stereocenters. The Morgan fingerprint density at radius 2 is 0.577 bits per heavy atom. The van der Waals surface area contributed by atoms with Gasteiger partial charge in [-0.05, 0) is 37.0 Å². The van der Waals surface area contributed by atoms with Gasteiger partial charge in [0, 0.05) is 6.42 Å². The van der Waals surface area contributed by atoms with Gasteiger partial charge in [-0.15, -0.1) is 0 Å². The number of ether oxygens (including phenoxy) is 4. The SMILES string of the molecule is CCCCCCCCCCCCCCCCCCOc1cc(COC(C=O)CC=O)cc(OCCCCCCCCCCCCCCCCCC)c1OCCCCCCCCCCCCCCCCCC. The molecule has 416 valence electrons. The van der Waals surface area contributed by atoms with Crippen molar-refractivity contribution in [1.29, 1.82) is 0 Å². The van der Waals surface area contributed by atoms with Crippen molar-refractivity contribution in [3.05, 3.63) is 17.7 Å². The quantitative estimate of drug-likeness (QED) is 0.0478. The lowest BCUT2D eigenvalue weighted by atomic mass is 10.0. The minimum absolute atomic E-state index is 0.0508. The third-order valence-electron chi connectivity index (χ3n) is 14.8. The molecule has 6 nitrogen and oxygen atoms in total. The average Bonchev–Trinajstić information content (AvgIpc) is 3.38. The Kier molecular flexibility index (Phi) is 52.5. The Balaban J connectivity index is 2.66. The number of rotatable bonds is 60. The number of benzene rings is 1. The van der Waals surface area contributed by atoms with Crippen LogP contribution in [0.4, 0.5) is 0 Å². The molecule has 71 heavy (non-hydrogen) atoms. The van der Waals surface area contributed by atoms with Gasteiger partial charge in [-0.25, -0.2) is 0 Å². The first kappa shape index (κ1) is 66.9. The van der Waals surface area contributed by atoms with Gasteiger partial charge >= 0.3 is 0 Å². The number of hydrogen-bond donors (Lipinski definition) is 0. The van der Waals surface area contributed by atoms with Crippen LogP contribution in [0.1, 0.15) is 341 Å². The highest BCUT2D eigenvalue weighted by atomic mass is 16.5. The average molecular weight is 998 g/mol. The molecule has 0 saturated carbocycles. The van der Waals surface area contributed by atoms with E-state index < -0.39 is 6.10 Å². The van der Waals surface area contributed by atoms with Gasteiger partial charge in [-0.3, -0.25) is 0 Å². The fraction of sp³-hybridized carbons (Fsp3) is 0.877. The Labute approximate surface area is 442 Å². The molecule has 0 fully saturated rings. The van der Waals surface area contributed by atoms with E-state index >= 15 is 0 Å². The van der Waals surface area contributed by atoms with Gasteiger partial charge in [-0.2, -0.15) is 0 Å². The highest BCUT2D eigenvalue weighted by molar-refractivity contribution is 5.64. The van der Waals surface area contributed by atoms with E-state index in [9.17, 15) is 9.59 Å². The van der Waals surface area contributed by atoms with E-state index in [0.29, 0.717) is 43.4 Å². The molecule has 1 aromatic rings. The van der Waals surface area contributed by atoms with Crippen molar-refractivity contribution >= 4 is 12.6 Å². The zero-order valence-corrected chi connectivity index (χ0v) is 47.8. The van der Waals surface area contributed by atoms with Crippen molar-refractivity contribution in [2.75, 3.05) is 19.8 Å². The molecule has 0 saturated heterocycles. The molecule has 0 aromatic heterocycles. The molecule has 0 radical (unpaired) electrons. The molecule has 0 bridgehead atoms. The standard InChI is InChI=1S/C65H120O6/c1-4-7-10-13-16-19-22-25-28-31-34-37-40-43-46-49-54-68-63-57-61(60-71-62(59-67)52-53-66)58-64(69-55-50-47-44-41-38-35-32-29-26-23-20-17-14-11-8-5-2)65(63)70-56-51-48-45-42-39-36-33-30-27-24-21-18-15-12-9-6-3/h53,57-59,62H,4-52,54-56,60H2,1-3H3. The summed E-state index contributed by atoms with van der Waals surface area (Å²) in [5.74, 6) is 2.09. The van der Waals surface area contributed by atoms with E-state index in [4.69, 9.17) is 18.9 Å². The van der Waals surface area contributed by atoms with Crippen molar-refractivity contribution in [3.8, 4) is 17.2 Å². The summed E-state index contributed by atoms with van der Waals surface area (Å²) in [5, 5.41) is 0. The van der Waals surface area contributed by atoms with Crippen LogP contribution in [-0.2, 0) is 20.9 Å². The van der Waals surface area contributed by atoms with Crippen LogP contribution in [0.5, 0.6) is 17.2 Å². The summed E-state index contributed by atoms with van der Waals surface area (Å²) in [6, 6.07) is 4.00. The van der Waals surface area contributed by atoms with Crippen LogP contribution in [0.15, 0.2) is 12.1 Å². The maximum absolute atomic E-state index is 11.7. The van der Waals surface area contributed by atoms with Crippen molar-refractivity contribution in [3.63, 3.8) is 0 Å². The Morgan fingerprint density at radius 1 is 0.338 bits per heavy atom. The zero-order chi connectivity index (χ0) is 51.0. The zero-order valence-electron chi connectivity index (χ0n) is 47.8. The topological polar surface area (TPSA) is 71.1 Å². The van der Waals surface area contributed by atoms with Crippen molar-refractivity contribution in [2.45, 2.75) is 348 Å². The minimum atomic E-state index is -0.762. The fourth-order valence-electron chi connectivity index (χ4n) is 10.0. The lowest BCUT2D eigenvalue weighted by Gasteiger charge is -2.19. The molecule has 0 N–H and O–H groups in total. The lowest BCUT2D eigenvalue weighted by Crippen LogP contribution is -2.15. The van der Waals surface area contributed by atoms with Crippen LogP contribution >= 0.6 is 0 Å². The number of hydrogen-bond acceptors (Lipinski definition) is 6. The smallest absolute Gasteiger partial charge is 0.203 e. The summed E-state index contributed by atoms with van der Waals surface area (Å²) in [6.45, 7) is 8.96. The molecule has 1 unspecified atom stereocenters. The number of carbonyl (C=O) groups is 2. The summed E-state index contributed by atoms with van der Waals surface area (Å²) in [7, 11) is 0. The van der Waals surface area contributed by atoms with Gasteiger partial charge in [0.05, 0.1) is 26.4 Å². The predicted octanol–water partition coefficient (Wildman–Crippen LogP) is 21.3. The summed E-state index contributed by atoms with van der Waals surface area (Å²) >= 11 is 0. The fourth-order valence-corrected chi connectivity index (χ4v) is 10.0. The van der Waals surface area contributed by atoms with E-state index in [1.54, 1.807) is 0 Å². The third-order valence-corrected chi connectivity index (χ3v) is 14.8. The van der Waals surface area contributed by atoms with Crippen LogP contribution < -0.4 is 14.2 Å². The van der Waals surface area contributed by atoms with Crippen LogP contribution in [0.25, 0.3) is 0 Å². The Hall–Kier alpha value is -2.08. The van der Waals surface area contributed by atoms with Gasteiger partial charge < -0.3 is 28.5 Å². The van der Waals surface area contributed by atoms with Crippen molar-refractivity contribution in [2.24, 2.45) is 0 Å². The first-order valence-electron chi connectivity index (χ1n) is 31.8. The second-order valence-electron chi connectivity index (χ2n) is 21.8. The highest BCUT2D eigenvalue weighted by Gasteiger charge is 2.18. The molecule has 1 aromatic carbocycles. The molecule has 0 amide bonds. The predicted molar refractivity (Wildman–Crippen MR) is 307 cm³/mol. The molecule has 0 heterocycles. The first-order valence-corrected chi connectivity index (χ1v) is 31.8. The van der Waals surface area contributed by atoms with Crippen LogP contribution in [-0.4, -0.2) is 38.5 Å². The summed E-state index contributed by atoms with van der Waals surface area (Å²) < 4.78 is 25.6. The first-order chi connectivity index (χ1) is 35.2. The van der Waals surface area contributed by atoms with Crippen LogP contribution in [0.2, 0.25) is 0 Å². The maximum atomic E-state index is 11.7. The van der Waals surface area contributed by atoms with E-state index in [1.165, 1.54) is 276 Å². The van der Waals surface area contributed by atoms with E-state index in [0.717, 1.165) is 44.0 Å². The maximum Gasteiger partial charge on any atom is 0.203 e. The number of carbonyl (C=O) groups excluding carboxylic acids is 2. The summed E-state index contributed by atoms with van der Waals surface area (Å²) in [5.41, 5.74) is 0.862. The summed E-state index contributed by atoms with van der Waals surface area (Å²) in [4.78, 5) is 22.9. The number of aldehydes is 2. The van der Waals surface area contributed by atoms with E-state index in [1.807, 2.05) is 12.1 Å². The van der Waals surface area contributed by atoms with Gasteiger partial charge in [0.15, 0.2) is 11.5 Å². The molecule has 0 aliphatic heterocycles. The van der Waals surface area contributed by atoms with Crippen LogP contribution in [0.3, 0.4) is 0 Å². The molecule has 1 rings (SSSR count). The minimum Gasteiger partial charge on any atom is -0.490 e.